The summed E-state index contributed by atoms with van der Waals surface area (Å²) < 4.78 is 26.4. The second-order valence-corrected chi connectivity index (χ2v) is 8.43. The van der Waals surface area contributed by atoms with Crippen molar-refractivity contribution in [1.82, 2.24) is 19.5 Å². The maximum Gasteiger partial charge on any atom is 0.252 e. The van der Waals surface area contributed by atoms with Crippen LogP contribution < -0.4 is 0 Å². The fraction of sp³-hybridized carbons (Fsp3) is 0.250. The van der Waals surface area contributed by atoms with Gasteiger partial charge in [0.1, 0.15) is 16.4 Å². The lowest BCUT2D eigenvalue weighted by molar-refractivity contribution is 0.459. The summed E-state index contributed by atoms with van der Waals surface area (Å²) in [5.74, 6) is 0.475. The van der Waals surface area contributed by atoms with Gasteiger partial charge in [0.05, 0.1) is 15.4 Å². The lowest BCUT2D eigenvalue weighted by Crippen LogP contribution is -2.26. The van der Waals surface area contributed by atoms with E-state index in [1.54, 1.807) is 0 Å². The van der Waals surface area contributed by atoms with Crippen LogP contribution in [0.15, 0.2) is 20.4 Å². The number of hydrogen-bond donors (Lipinski definition) is 1. The summed E-state index contributed by atoms with van der Waals surface area (Å²) >= 11 is 10.1. The van der Waals surface area contributed by atoms with E-state index in [9.17, 15) is 8.42 Å². The van der Waals surface area contributed by atoms with Crippen LogP contribution in [0.5, 0.6) is 0 Å². The van der Waals surface area contributed by atoms with Crippen molar-refractivity contribution in [2.24, 2.45) is 0 Å². The van der Waals surface area contributed by atoms with Gasteiger partial charge in [-0.05, 0) is 22.0 Å². The molecule has 0 fully saturated rings. The minimum absolute atomic E-state index is 0.121. The van der Waals surface area contributed by atoms with Crippen LogP contribution in [0.3, 0.4) is 0 Å². The maximum absolute atomic E-state index is 12.2. The van der Waals surface area contributed by atoms with Crippen molar-refractivity contribution in [3.05, 3.63) is 27.0 Å². The highest BCUT2D eigenvalue weighted by atomic mass is 79.9. The average molecular weight is 372 g/mol. The van der Waals surface area contributed by atoms with Gasteiger partial charge in [-0.15, -0.1) is 11.3 Å². The van der Waals surface area contributed by atoms with Gasteiger partial charge in [0.2, 0.25) is 0 Å². The summed E-state index contributed by atoms with van der Waals surface area (Å²) in [7, 11) is -2.10. The van der Waals surface area contributed by atoms with Crippen LogP contribution in [-0.4, -0.2) is 35.0 Å². The lowest BCUT2D eigenvalue weighted by atomic mass is 10.6. The minimum Gasteiger partial charge on any atom is -0.262 e. The molecule has 98 valence electrons. The van der Waals surface area contributed by atoms with Crippen LogP contribution >= 0.6 is 38.9 Å². The van der Waals surface area contributed by atoms with Crippen molar-refractivity contribution in [3.63, 3.8) is 0 Å². The summed E-state index contributed by atoms with van der Waals surface area (Å²) in [5, 5.41) is 6.65. The standard InChI is InChI=1S/C8H8BrClN4O2S2/c1-14(3-6-11-4-12-13-6)18(15,16)7-2-5(10)8(9)17-7/h2,4H,3H2,1H3,(H,11,12,13). The Hall–Kier alpha value is -0.480. The van der Waals surface area contributed by atoms with Crippen molar-refractivity contribution in [1.29, 1.82) is 0 Å². The summed E-state index contributed by atoms with van der Waals surface area (Å²) in [5.41, 5.74) is 0. The highest BCUT2D eigenvalue weighted by Gasteiger charge is 2.25. The fourth-order valence-corrected chi connectivity index (χ4v) is 4.95. The Morgan fingerprint density at radius 3 is 2.83 bits per heavy atom. The molecule has 2 rings (SSSR count). The van der Waals surface area contributed by atoms with Crippen LogP contribution in [0.1, 0.15) is 5.82 Å². The predicted octanol–water partition coefficient (Wildman–Crippen LogP) is 2.10. The lowest BCUT2D eigenvalue weighted by Gasteiger charge is -2.13. The first-order valence-electron chi connectivity index (χ1n) is 4.66. The van der Waals surface area contributed by atoms with E-state index >= 15 is 0 Å². The molecule has 0 saturated heterocycles. The third kappa shape index (κ3) is 2.75. The van der Waals surface area contributed by atoms with Crippen LogP contribution in [0, 0.1) is 0 Å². The number of sulfonamides is 1. The van der Waals surface area contributed by atoms with E-state index in [4.69, 9.17) is 11.6 Å². The van der Waals surface area contributed by atoms with E-state index in [0.717, 1.165) is 11.3 Å². The van der Waals surface area contributed by atoms with Crippen LogP contribution in [0.4, 0.5) is 0 Å². The van der Waals surface area contributed by atoms with Crippen LogP contribution in [0.25, 0.3) is 0 Å². The first kappa shape index (κ1) is 13.9. The van der Waals surface area contributed by atoms with Gasteiger partial charge in [-0.25, -0.2) is 13.4 Å². The fourth-order valence-electron chi connectivity index (χ4n) is 1.21. The van der Waals surface area contributed by atoms with E-state index in [-0.39, 0.29) is 10.8 Å². The average Bonchev–Trinajstić information content (AvgIpc) is 2.90. The highest BCUT2D eigenvalue weighted by molar-refractivity contribution is 9.11. The van der Waals surface area contributed by atoms with Gasteiger partial charge < -0.3 is 0 Å². The van der Waals surface area contributed by atoms with Crippen LogP contribution in [-0.2, 0) is 16.6 Å². The van der Waals surface area contributed by atoms with Gasteiger partial charge in [-0.3, -0.25) is 5.10 Å². The largest absolute Gasteiger partial charge is 0.262 e. The summed E-state index contributed by atoms with van der Waals surface area (Å²) in [6.45, 7) is 0.121. The molecule has 0 saturated carbocycles. The van der Waals surface area contributed by atoms with Gasteiger partial charge in [0, 0.05) is 7.05 Å². The van der Waals surface area contributed by atoms with Gasteiger partial charge in [0.15, 0.2) is 0 Å². The molecule has 0 atom stereocenters. The van der Waals surface area contributed by atoms with Gasteiger partial charge in [-0.1, -0.05) is 11.6 Å². The number of rotatable bonds is 4. The molecule has 0 aliphatic rings. The second-order valence-electron chi connectivity index (χ2n) is 3.38. The third-order valence-electron chi connectivity index (χ3n) is 2.12. The Morgan fingerprint density at radius 1 is 1.61 bits per heavy atom. The number of nitrogens with one attached hydrogen (secondary N) is 1. The highest BCUT2D eigenvalue weighted by Crippen LogP contribution is 2.35. The van der Waals surface area contributed by atoms with E-state index < -0.39 is 10.0 Å². The summed E-state index contributed by atoms with van der Waals surface area (Å²) in [6, 6.07) is 1.42. The van der Waals surface area contributed by atoms with E-state index in [1.807, 2.05) is 0 Å². The molecule has 0 aromatic carbocycles. The van der Waals surface area contributed by atoms with Gasteiger partial charge >= 0.3 is 0 Å². The number of halogens is 2. The Morgan fingerprint density at radius 2 is 2.33 bits per heavy atom. The molecular formula is C8H8BrClN4O2S2. The molecule has 2 heterocycles. The minimum atomic E-state index is -3.57. The van der Waals surface area contributed by atoms with E-state index in [0.29, 0.717) is 14.6 Å². The van der Waals surface area contributed by atoms with Crippen molar-refractivity contribution < 1.29 is 8.42 Å². The number of aromatic nitrogens is 3. The second kappa shape index (κ2) is 5.25. The third-order valence-corrected chi connectivity index (χ3v) is 6.85. The van der Waals surface area contributed by atoms with Crippen molar-refractivity contribution in [3.8, 4) is 0 Å². The molecule has 1 N–H and O–H groups in total. The zero-order valence-electron chi connectivity index (χ0n) is 9.09. The molecule has 10 heteroatoms. The molecule has 6 nitrogen and oxygen atoms in total. The Balaban J connectivity index is 2.25. The summed E-state index contributed by atoms with van der Waals surface area (Å²) in [4.78, 5) is 3.88. The molecule has 0 aliphatic carbocycles. The molecule has 2 aromatic heterocycles. The molecule has 0 bridgehead atoms. The van der Waals surface area contributed by atoms with Crippen LogP contribution in [0.2, 0.25) is 5.02 Å². The van der Waals surface area contributed by atoms with Gasteiger partial charge in [0.25, 0.3) is 10.0 Å². The first-order valence-corrected chi connectivity index (χ1v) is 8.09. The molecule has 0 radical (unpaired) electrons. The monoisotopic (exact) mass is 370 g/mol. The molecule has 2 aromatic rings. The normalized spacial score (nSPS) is 12.2. The quantitative estimate of drug-likeness (QED) is 0.892. The maximum atomic E-state index is 12.2. The Bertz CT molecular complexity index is 621. The number of thiophene rings is 1. The predicted molar refractivity (Wildman–Crippen MR) is 72.1 cm³/mol. The number of hydrogen-bond acceptors (Lipinski definition) is 5. The molecule has 0 unspecified atom stereocenters. The van der Waals surface area contributed by atoms with Crippen molar-refractivity contribution in [2.45, 2.75) is 10.8 Å². The number of H-pyrrole nitrogens is 1. The first-order chi connectivity index (χ1) is 8.41. The Kier molecular flexibility index (Phi) is 4.07. The molecular weight excluding hydrogens is 364 g/mol. The topological polar surface area (TPSA) is 79.0 Å². The summed E-state index contributed by atoms with van der Waals surface area (Å²) in [6.07, 6.45) is 1.33. The molecule has 18 heavy (non-hydrogen) atoms. The smallest absolute Gasteiger partial charge is 0.252 e. The zero-order chi connectivity index (χ0) is 13.3. The Labute approximate surface area is 121 Å². The molecule has 0 aliphatic heterocycles. The zero-order valence-corrected chi connectivity index (χ0v) is 13.1. The molecule has 0 amide bonds. The van der Waals surface area contributed by atoms with Gasteiger partial charge in [-0.2, -0.15) is 9.40 Å². The van der Waals surface area contributed by atoms with Crippen molar-refractivity contribution >= 4 is 48.9 Å². The number of aromatic amines is 1. The molecule has 0 spiro atoms. The SMILES string of the molecule is CN(Cc1ncn[nH]1)S(=O)(=O)c1cc(Cl)c(Br)s1. The van der Waals surface area contributed by atoms with E-state index in [1.165, 1.54) is 23.7 Å². The van der Waals surface area contributed by atoms with E-state index in [2.05, 4.69) is 31.1 Å². The number of nitrogens with zero attached hydrogens (tertiary/aromatic N) is 3. The van der Waals surface area contributed by atoms with Crippen molar-refractivity contribution in [2.75, 3.05) is 7.05 Å².